The van der Waals surface area contributed by atoms with E-state index in [0.717, 1.165) is 17.7 Å². The van der Waals surface area contributed by atoms with Crippen molar-refractivity contribution >= 4 is 18.1 Å². The normalized spacial score (nSPS) is 12.4. The number of H-pyrrole nitrogens is 1. The van der Waals surface area contributed by atoms with Crippen LogP contribution >= 0.6 is 12.2 Å². The highest BCUT2D eigenvalue weighted by molar-refractivity contribution is 7.71. The number of ether oxygens (including phenoxy) is 1. The molecule has 3 aromatic rings. The van der Waals surface area contributed by atoms with E-state index >= 15 is 0 Å². The molecule has 0 radical (unpaired) electrons. The van der Waals surface area contributed by atoms with Crippen LogP contribution in [0.25, 0.3) is 11.4 Å². The number of hydrogen-bond acceptors (Lipinski definition) is 4. The van der Waals surface area contributed by atoms with Gasteiger partial charge in [0.2, 0.25) is 5.91 Å². The summed E-state index contributed by atoms with van der Waals surface area (Å²) in [4.78, 5) is 12.5. The number of carbonyl (C=O) groups excluding carboxylic acids is 1. The second kappa shape index (κ2) is 8.70. The number of halogens is 3. The van der Waals surface area contributed by atoms with Crippen molar-refractivity contribution < 1.29 is 22.7 Å². The fourth-order valence-electron chi connectivity index (χ4n) is 2.90. The molecule has 1 heterocycles. The first-order chi connectivity index (χ1) is 14.2. The minimum atomic E-state index is -4.40. The number of hydrogen-bond donors (Lipinski definition) is 2. The number of nitrogens with one attached hydrogen (secondary N) is 2. The van der Waals surface area contributed by atoms with Crippen molar-refractivity contribution in [2.45, 2.75) is 25.7 Å². The quantitative estimate of drug-likeness (QED) is 0.558. The van der Waals surface area contributed by atoms with Crippen molar-refractivity contribution in [1.82, 2.24) is 20.1 Å². The highest BCUT2D eigenvalue weighted by atomic mass is 32.1. The van der Waals surface area contributed by atoms with Gasteiger partial charge >= 0.3 is 6.18 Å². The summed E-state index contributed by atoms with van der Waals surface area (Å²) in [5, 5.41) is 9.62. The Balaban J connectivity index is 1.72. The molecule has 1 unspecified atom stereocenters. The summed E-state index contributed by atoms with van der Waals surface area (Å²) in [7, 11) is 1.56. The van der Waals surface area contributed by atoms with Crippen molar-refractivity contribution in [3.05, 3.63) is 64.4 Å². The number of carbonyl (C=O) groups is 1. The number of aromatic amines is 1. The van der Waals surface area contributed by atoms with Gasteiger partial charge in [-0.1, -0.05) is 12.1 Å². The second-order valence-electron chi connectivity index (χ2n) is 6.58. The van der Waals surface area contributed by atoms with E-state index in [1.54, 1.807) is 42.9 Å². The smallest absolute Gasteiger partial charge is 0.416 e. The zero-order chi connectivity index (χ0) is 21.9. The predicted octanol–water partition coefficient (Wildman–Crippen LogP) is 4.51. The minimum Gasteiger partial charge on any atom is -0.497 e. The Bertz CT molecular complexity index is 1070. The lowest BCUT2D eigenvalue weighted by molar-refractivity contribution is -0.137. The van der Waals surface area contributed by atoms with Crippen LogP contribution in [-0.4, -0.2) is 27.8 Å². The number of amides is 1. The molecule has 0 saturated carbocycles. The lowest BCUT2D eigenvalue weighted by atomic mass is 10.1. The highest BCUT2D eigenvalue weighted by Gasteiger charge is 2.30. The standard InChI is InChI=1S/C20H19F3N4O2S/c1-12(13-3-7-15(8-4-13)20(21,22)23)24-17(28)11-27-18(25-26-19(27)30)14-5-9-16(29-2)10-6-14/h3-10,12H,11H2,1-2H3,(H,24,28)(H,26,30). The Morgan fingerprint density at radius 1 is 1.20 bits per heavy atom. The summed E-state index contributed by atoms with van der Waals surface area (Å²) in [6.07, 6.45) is -4.40. The van der Waals surface area contributed by atoms with Gasteiger partial charge in [-0.05, 0) is 61.1 Å². The van der Waals surface area contributed by atoms with Gasteiger partial charge in [0.05, 0.1) is 18.7 Å². The molecule has 0 aliphatic rings. The fourth-order valence-corrected chi connectivity index (χ4v) is 3.10. The summed E-state index contributed by atoms with van der Waals surface area (Å²) >= 11 is 5.23. The van der Waals surface area contributed by atoms with Gasteiger partial charge in [0.1, 0.15) is 12.3 Å². The molecule has 30 heavy (non-hydrogen) atoms. The minimum absolute atomic E-state index is 0.0956. The molecule has 3 rings (SSSR count). The van der Waals surface area contributed by atoms with Gasteiger partial charge in [0.15, 0.2) is 10.6 Å². The maximum Gasteiger partial charge on any atom is 0.416 e. The van der Waals surface area contributed by atoms with Crippen molar-refractivity contribution in [1.29, 1.82) is 0 Å². The maximum absolute atomic E-state index is 12.7. The van der Waals surface area contributed by atoms with Gasteiger partial charge < -0.3 is 10.1 Å². The number of rotatable bonds is 6. The van der Waals surface area contributed by atoms with E-state index in [2.05, 4.69) is 15.5 Å². The molecule has 0 aliphatic carbocycles. The Hall–Kier alpha value is -3.14. The number of alkyl halides is 3. The largest absolute Gasteiger partial charge is 0.497 e. The summed E-state index contributed by atoms with van der Waals surface area (Å²) in [6.45, 7) is 1.60. The van der Waals surface area contributed by atoms with E-state index in [4.69, 9.17) is 17.0 Å². The van der Waals surface area contributed by atoms with Crippen LogP contribution < -0.4 is 10.1 Å². The third-order valence-electron chi connectivity index (χ3n) is 4.52. The molecule has 0 saturated heterocycles. The number of benzene rings is 2. The molecule has 0 bridgehead atoms. The predicted molar refractivity (Wildman–Crippen MR) is 107 cm³/mol. The third kappa shape index (κ3) is 4.88. The van der Waals surface area contributed by atoms with E-state index in [9.17, 15) is 18.0 Å². The van der Waals surface area contributed by atoms with Crippen LogP contribution in [0.2, 0.25) is 0 Å². The van der Waals surface area contributed by atoms with Crippen molar-refractivity contribution in [2.24, 2.45) is 0 Å². The number of nitrogens with zero attached hydrogens (tertiary/aromatic N) is 2. The van der Waals surface area contributed by atoms with Gasteiger partial charge in [0.25, 0.3) is 0 Å². The molecular formula is C20H19F3N4O2S. The lowest BCUT2D eigenvalue weighted by Gasteiger charge is -2.16. The summed E-state index contributed by atoms with van der Waals surface area (Å²) in [5.74, 6) is 0.817. The molecule has 0 spiro atoms. The zero-order valence-electron chi connectivity index (χ0n) is 16.2. The SMILES string of the molecule is COc1ccc(-c2n[nH]c(=S)n2CC(=O)NC(C)c2ccc(C(F)(F)F)cc2)cc1. The Kier molecular flexibility index (Phi) is 6.25. The molecule has 1 aromatic heterocycles. The fraction of sp³-hybridized carbons (Fsp3) is 0.250. The molecule has 2 aromatic carbocycles. The van der Waals surface area contributed by atoms with Crippen molar-refractivity contribution in [2.75, 3.05) is 7.11 Å². The molecule has 2 N–H and O–H groups in total. The van der Waals surface area contributed by atoms with Crippen LogP contribution in [0.15, 0.2) is 48.5 Å². The lowest BCUT2D eigenvalue weighted by Crippen LogP contribution is -2.30. The number of aromatic nitrogens is 3. The molecule has 158 valence electrons. The Labute approximate surface area is 175 Å². The summed E-state index contributed by atoms with van der Waals surface area (Å²) in [6, 6.07) is 11.3. The van der Waals surface area contributed by atoms with Gasteiger partial charge in [-0.25, -0.2) is 0 Å². The van der Waals surface area contributed by atoms with E-state index in [1.807, 2.05) is 0 Å². The average molecular weight is 436 g/mol. The van der Waals surface area contributed by atoms with Gasteiger partial charge in [-0.2, -0.15) is 18.3 Å². The van der Waals surface area contributed by atoms with Gasteiger partial charge in [-0.3, -0.25) is 14.5 Å². The van der Waals surface area contributed by atoms with Gasteiger partial charge in [-0.15, -0.1) is 0 Å². The molecule has 6 nitrogen and oxygen atoms in total. The van der Waals surface area contributed by atoms with E-state index in [0.29, 0.717) is 17.1 Å². The topological polar surface area (TPSA) is 71.9 Å². The summed E-state index contributed by atoms with van der Waals surface area (Å²) in [5.41, 5.74) is 0.563. The van der Waals surface area contributed by atoms with Crippen molar-refractivity contribution in [3.63, 3.8) is 0 Å². The molecular weight excluding hydrogens is 417 g/mol. The van der Waals surface area contributed by atoms with Crippen LogP contribution in [0.1, 0.15) is 24.1 Å². The number of methoxy groups -OCH3 is 1. The summed E-state index contributed by atoms with van der Waals surface area (Å²) < 4.78 is 45.1. The molecule has 10 heteroatoms. The molecule has 1 atom stereocenters. The first kappa shape index (κ1) is 21.6. The Morgan fingerprint density at radius 3 is 2.40 bits per heavy atom. The van der Waals surface area contributed by atoms with E-state index < -0.39 is 17.8 Å². The van der Waals surface area contributed by atoms with Crippen LogP contribution in [0.5, 0.6) is 5.75 Å². The van der Waals surface area contributed by atoms with Crippen LogP contribution in [-0.2, 0) is 17.5 Å². The molecule has 1 amide bonds. The maximum atomic E-state index is 12.7. The third-order valence-corrected chi connectivity index (χ3v) is 4.84. The monoisotopic (exact) mass is 436 g/mol. The zero-order valence-corrected chi connectivity index (χ0v) is 17.0. The highest BCUT2D eigenvalue weighted by Crippen LogP contribution is 2.30. The first-order valence-electron chi connectivity index (χ1n) is 8.95. The Morgan fingerprint density at radius 2 is 1.83 bits per heavy atom. The van der Waals surface area contributed by atoms with Crippen LogP contribution in [0.4, 0.5) is 13.2 Å². The molecule has 0 fully saturated rings. The van der Waals surface area contributed by atoms with E-state index in [-0.39, 0.29) is 17.2 Å². The first-order valence-corrected chi connectivity index (χ1v) is 9.36. The van der Waals surface area contributed by atoms with Gasteiger partial charge in [0, 0.05) is 5.56 Å². The molecule has 0 aliphatic heterocycles. The van der Waals surface area contributed by atoms with Crippen LogP contribution in [0, 0.1) is 4.77 Å². The van der Waals surface area contributed by atoms with E-state index in [1.165, 1.54) is 12.1 Å². The van der Waals surface area contributed by atoms with Crippen molar-refractivity contribution in [3.8, 4) is 17.1 Å². The van der Waals surface area contributed by atoms with Crippen LogP contribution in [0.3, 0.4) is 0 Å². The second-order valence-corrected chi connectivity index (χ2v) is 6.96. The average Bonchev–Trinajstić information content (AvgIpc) is 3.07.